The summed E-state index contributed by atoms with van der Waals surface area (Å²) >= 11 is 7.60. The maximum atomic E-state index is 14.1. The standard InChI is InChI=1S/C25H26ClFN2O2S/c1-2-18-6-8-20(9-7-18)31-16-19-14-24(32-17-19)25(30)29-12-10-28(11-13-29)15-21-22(26)4-3-5-23(21)27/h3-9,14,17H,2,10-13,15-16H2,1H3. The first-order valence-corrected chi connectivity index (χ1v) is 12.0. The van der Waals surface area contributed by atoms with Crippen LogP contribution in [0.2, 0.25) is 5.02 Å². The van der Waals surface area contributed by atoms with Gasteiger partial charge >= 0.3 is 0 Å². The van der Waals surface area contributed by atoms with Gasteiger partial charge in [-0.1, -0.05) is 36.7 Å². The summed E-state index contributed by atoms with van der Waals surface area (Å²) in [7, 11) is 0. The first kappa shape index (κ1) is 22.8. The van der Waals surface area contributed by atoms with E-state index in [1.807, 2.05) is 28.5 Å². The molecule has 0 unspecified atom stereocenters. The molecule has 3 aromatic rings. The highest BCUT2D eigenvalue weighted by molar-refractivity contribution is 7.12. The summed E-state index contributed by atoms with van der Waals surface area (Å²) in [6.45, 7) is 5.60. The van der Waals surface area contributed by atoms with Crippen LogP contribution in [-0.4, -0.2) is 41.9 Å². The van der Waals surface area contributed by atoms with E-state index in [0.717, 1.165) is 22.6 Å². The fraction of sp³-hybridized carbons (Fsp3) is 0.320. The molecule has 0 saturated carbocycles. The SMILES string of the molecule is CCc1ccc(OCc2csc(C(=O)N3CCN(Cc4c(F)cccc4Cl)CC3)c2)cc1. The Kier molecular flexibility index (Phi) is 7.45. The van der Waals surface area contributed by atoms with E-state index in [2.05, 4.69) is 24.0 Å². The molecule has 2 aromatic carbocycles. The molecule has 32 heavy (non-hydrogen) atoms. The second-order valence-electron chi connectivity index (χ2n) is 7.87. The monoisotopic (exact) mass is 472 g/mol. The molecule has 0 N–H and O–H groups in total. The molecule has 168 valence electrons. The van der Waals surface area contributed by atoms with Gasteiger partial charge in [0.15, 0.2) is 0 Å². The molecule has 1 saturated heterocycles. The van der Waals surface area contributed by atoms with Crippen molar-refractivity contribution in [1.82, 2.24) is 9.80 Å². The summed E-state index contributed by atoms with van der Waals surface area (Å²) in [4.78, 5) is 17.6. The molecular formula is C25H26ClFN2O2S. The van der Waals surface area contributed by atoms with Crippen LogP contribution in [0.4, 0.5) is 4.39 Å². The first-order chi connectivity index (χ1) is 15.5. The van der Waals surface area contributed by atoms with Crippen LogP contribution in [0, 0.1) is 5.82 Å². The van der Waals surface area contributed by atoms with E-state index in [4.69, 9.17) is 16.3 Å². The number of rotatable bonds is 7. The van der Waals surface area contributed by atoms with E-state index < -0.39 is 0 Å². The van der Waals surface area contributed by atoms with Crippen molar-refractivity contribution in [2.75, 3.05) is 26.2 Å². The lowest BCUT2D eigenvalue weighted by Crippen LogP contribution is -2.48. The van der Waals surface area contributed by atoms with Crippen molar-refractivity contribution in [3.63, 3.8) is 0 Å². The number of amides is 1. The Hall–Kier alpha value is -2.41. The van der Waals surface area contributed by atoms with Crippen LogP contribution in [0.15, 0.2) is 53.9 Å². The van der Waals surface area contributed by atoms with Crippen LogP contribution in [0.1, 0.15) is 33.3 Å². The van der Waals surface area contributed by atoms with Gasteiger partial charge in [-0.25, -0.2) is 4.39 Å². The molecule has 0 spiro atoms. The average molecular weight is 473 g/mol. The highest BCUT2D eigenvalue weighted by Gasteiger charge is 2.24. The quantitative estimate of drug-likeness (QED) is 0.446. The molecule has 1 amide bonds. The lowest BCUT2D eigenvalue weighted by molar-refractivity contribution is 0.0631. The number of benzene rings is 2. The van der Waals surface area contributed by atoms with E-state index in [1.165, 1.54) is 23.0 Å². The topological polar surface area (TPSA) is 32.8 Å². The van der Waals surface area contributed by atoms with Gasteiger partial charge in [0, 0.05) is 48.9 Å². The average Bonchev–Trinajstić information content (AvgIpc) is 3.29. The minimum Gasteiger partial charge on any atom is -0.489 e. The molecule has 1 aliphatic heterocycles. The van der Waals surface area contributed by atoms with Crippen LogP contribution >= 0.6 is 22.9 Å². The van der Waals surface area contributed by atoms with E-state index in [1.54, 1.807) is 12.1 Å². The predicted molar refractivity (Wildman–Crippen MR) is 127 cm³/mol. The Labute approximate surface area is 197 Å². The van der Waals surface area contributed by atoms with Gasteiger partial charge in [-0.15, -0.1) is 11.3 Å². The Balaban J connectivity index is 1.28. The Morgan fingerprint density at radius 3 is 2.53 bits per heavy atom. The number of piperazine rings is 1. The summed E-state index contributed by atoms with van der Waals surface area (Å²) in [6.07, 6.45) is 1.00. The van der Waals surface area contributed by atoms with Gasteiger partial charge < -0.3 is 9.64 Å². The number of hydrogen-bond donors (Lipinski definition) is 0. The van der Waals surface area contributed by atoms with Crippen LogP contribution in [0.5, 0.6) is 5.75 Å². The maximum absolute atomic E-state index is 14.1. The minimum absolute atomic E-state index is 0.0390. The van der Waals surface area contributed by atoms with Gasteiger partial charge in [0.05, 0.1) is 4.88 Å². The normalized spacial score (nSPS) is 14.5. The number of carbonyl (C=O) groups excluding carboxylic acids is 1. The summed E-state index contributed by atoms with van der Waals surface area (Å²) < 4.78 is 19.9. The van der Waals surface area contributed by atoms with Gasteiger partial charge in [-0.05, 0) is 47.7 Å². The van der Waals surface area contributed by atoms with Crippen molar-refractivity contribution >= 4 is 28.8 Å². The summed E-state index contributed by atoms with van der Waals surface area (Å²) in [5.41, 5.74) is 2.78. The van der Waals surface area contributed by atoms with Crippen molar-refractivity contribution in [3.05, 3.63) is 86.3 Å². The number of halogens is 2. The highest BCUT2D eigenvalue weighted by atomic mass is 35.5. The third-order valence-electron chi connectivity index (χ3n) is 5.70. The first-order valence-electron chi connectivity index (χ1n) is 10.8. The van der Waals surface area contributed by atoms with Gasteiger partial charge in [0.1, 0.15) is 18.2 Å². The molecule has 0 aliphatic carbocycles. The largest absolute Gasteiger partial charge is 0.489 e. The zero-order chi connectivity index (χ0) is 22.5. The third-order valence-corrected chi connectivity index (χ3v) is 7.03. The number of nitrogens with zero attached hydrogens (tertiary/aromatic N) is 2. The molecule has 4 nitrogen and oxygen atoms in total. The molecule has 1 aliphatic rings. The number of ether oxygens (including phenoxy) is 1. The second kappa shape index (κ2) is 10.5. The van der Waals surface area contributed by atoms with Gasteiger partial charge in [0.25, 0.3) is 5.91 Å². The van der Waals surface area contributed by atoms with Crippen LogP contribution in [0.25, 0.3) is 0 Å². The molecule has 0 atom stereocenters. The van der Waals surface area contributed by atoms with E-state index >= 15 is 0 Å². The summed E-state index contributed by atoms with van der Waals surface area (Å²) in [5, 5.41) is 2.42. The molecular weight excluding hydrogens is 447 g/mol. The minimum atomic E-state index is -0.286. The van der Waals surface area contributed by atoms with E-state index in [-0.39, 0.29) is 11.7 Å². The molecule has 4 rings (SSSR count). The molecule has 7 heteroatoms. The van der Waals surface area contributed by atoms with Gasteiger partial charge in [-0.2, -0.15) is 0 Å². The number of hydrogen-bond acceptors (Lipinski definition) is 4. The fourth-order valence-corrected chi connectivity index (χ4v) is 4.81. The number of carbonyl (C=O) groups is 1. The molecule has 0 radical (unpaired) electrons. The smallest absolute Gasteiger partial charge is 0.264 e. The van der Waals surface area contributed by atoms with Crippen LogP contribution in [0.3, 0.4) is 0 Å². The molecule has 1 aromatic heterocycles. The lowest BCUT2D eigenvalue weighted by atomic mass is 10.1. The maximum Gasteiger partial charge on any atom is 0.264 e. The Morgan fingerprint density at radius 2 is 1.84 bits per heavy atom. The second-order valence-corrected chi connectivity index (χ2v) is 9.19. The Morgan fingerprint density at radius 1 is 1.09 bits per heavy atom. The zero-order valence-electron chi connectivity index (χ0n) is 18.0. The van der Waals surface area contributed by atoms with Gasteiger partial charge in [0.2, 0.25) is 0 Å². The number of aryl methyl sites for hydroxylation is 1. The van der Waals surface area contributed by atoms with E-state index in [9.17, 15) is 9.18 Å². The number of thiophene rings is 1. The highest BCUT2D eigenvalue weighted by Crippen LogP contribution is 2.23. The molecule has 1 fully saturated rings. The van der Waals surface area contributed by atoms with Gasteiger partial charge in [-0.3, -0.25) is 9.69 Å². The fourth-order valence-electron chi connectivity index (χ4n) is 3.72. The Bertz CT molecular complexity index is 1040. The molecule has 0 bridgehead atoms. The molecule has 2 heterocycles. The van der Waals surface area contributed by atoms with Crippen molar-refractivity contribution < 1.29 is 13.9 Å². The summed E-state index contributed by atoms with van der Waals surface area (Å²) in [6, 6.07) is 14.8. The van der Waals surface area contributed by atoms with E-state index in [0.29, 0.717) is 49.9 Å². The summed E-state index contributed by atoms with van der Waals surface area (Å²) in [5.74, 6) is 0.579. The van der Waals surface area contributed by atoms with Crippen LogP contribution < -0.4 is 4.74 Å². The van der Waals surface area contributed by atoms with Crippen molar-refractivity contribution in [3.8, 4) is 5.75 Å². The van der Waals surface area contributed by atoms with Crippen LogP contribution in [-0.2, 0) is 19.6 Å². The predicted octanol–water partition coefficient (Wildman–Crippen LogP) is 5.64. The van der Waals surface area contributed by atoms with Crippen molar-refractivity contribution in [2.24, 2.45) is 0 Å². The lowest BCUT2D eigenvalue weighted by Gasteiger charge is -2.34. The zero-order valence-corrected chi connectivity index (χ0v) is 19.6. The van der Waals surface area contributed by atoms with Crippen molar-refractivity contribution in [2.45, 2.75) is 26.5 Å². The van der Waals surface area contributed by atoms with Crippen molar-refractivity contribution in [1.29, 1.82) is 0 Å². The third kappa shape index (κ3) is 5.49.